The highest BCUT2D eigenvalue weighted by Crippen LogP contribution is 2.04. The van der Waals surface area contributed by atoms with Gasteiger partial charge >= 0.3 is 5.76 Å². The first kappa shape index (κ1) is 10.2. The standard InChI is InChI=1S/C8H5NO3.C2H6/c10-7-5-3-1-2-4-6(5)12-8(11)9-7;1-2/h1-4H,(H,9,10,11);1-2H3. The van der Waals surface area contributed by atoms with E-state index in [4.69, 9.17) is 4.42 Å². The largest absolute Gasteiger partial charge is 0.419 e. The molecule has 0 saturated carbocycles. The number of hydrogen-bond donors (Lipinski definition) is 1. The topological polar surface area (TPSA) is 63.1 Å². The van der Waals surface area contributed by atoms with Crippen molar-refractivity contribution in [2.75, 3.05) is 0 Å². The first-order valence-corrected chi connectivity index (χ1v) is 4.39. The van der Waals surface area contributed by atoms with Crippen LogP contribution in [0.1, 0.15) is 13.8 Å². The molecule has 0 saturated heterocycles. The lowest BCUT2D eigenvalue weighted by atomic mass is 10.3. The van der Waals surface area contributed by atoms with E-state index in [1.165, 1.54) is 0 Å². The maximum atomic E-state index is 11.1. The molecule has 1 N–H and O–H groups in total. The van der Waals surface area contributed by atoms with Gasteiger partial charge in [-0.3, -0.25) is 9.78 Å². The quantitative estimate of drug-likeness (QED) is 0.689. The van der Waals surface area contributed by atoms with Crippen molar-refractivity contribution in [1.29, 1.82) is 0 Å². The Balaban J connectivity index is 0.000000461. The molecule has 1 aromatic carbocycles. The third-order valence-corrected chi connectivity index (χ3v) is 1.55. The van der Waals surface area contributed by atoms with E-state index < -0.39 is 11.3 Å². The Kier molecular flexibility index (Phi) is 3.23. The molecule has 0 fully saturated rings. The predicted molar refractivity (Wildman–Crippen MR) is 54.5 cm³/mol. The maximum absolute atomic E-state index is 11.1. The minimum atomic E-state index is -0.723. The van der Waals surface area contributed by atoms with Gasteiger partial charge in [0.2, 0.25) is 0 Å². The molecule has 1 aromatic heterocycles. The van der Waals surface area contributed by atoms with Crippen LogP contribution in [-0.2, 0) is 0 Å². The summed E-state index contributed by atoms with van der Waals surface area (Å²) in [6.07, 6.45) is 0. The van der Waals surface area contributed by atoms with E-state index in [1.54, 1.807) is 24.3 Å². The highest BCUT2D eigenvalue weighted by atomic mass is 16.4. The van der Waals surface area contributed by atoms with Crippen LogP contribution in [0.25, 0.3) is 11.0 Å². The lowest BCUT2D eigenvalue weighted by Crippen LogP contribution is -2.17. The third kappa shape index (κ3) is 1.90. The van der Waals surface area contributed by atoms with E-state index in [2.05, 4.69) is 0 Å². The van der Waals surface area contributed by atoms with Gasteiger partial charge in [0.1, 0.15) is 5.58 Å². The summed E-state index contributed by atoms with van der Waals surface area (Å²) in [5.41, 5.74) is -0.104. The van der Waals surface area contributed by atoms with Crippen molar-refractivity contribution in [2.45, 2.75) is 13.8 Å². The van der Waals surface area contributed by atoms with Crippen LogP contribution in [0.3, 0.4) is 0 Å². The van der Waals surface area contributed by atoms with E-state index in [9.17, 15) is 9.59 Å². The lowest BCUT2D eigenvalue weighted by Gasteiger charge is -1.91. The number of nitrogens with one attached hydrogen (secondary N) is 1. The van der Waals surface area contributed by atoms with E-state index in [0.29, 0.717) is 11.0 Å². The molecule has 2 rings (SSSR count). The number of benzene rings is 1. The second kappa shape index (κ2) is 4.41. The van der Waals surface area contributed by atoms with Crippen molar-refractivity contribution in [3.63, 3.8) is 0 Å². The Morgan fingerprint density at radius 3 is 2.50 bits per heavy atom. The molecular formula is C10H11NO3. The SMILES string of the molecule is CC.O=c1[nH]c(=O)c2ccccc2o1. The molecule has 0 radical (unpaired) electrons. The smallest absolute Gasteiger partial charge is 0.409 e. The molecule has 4 heteroatoms. The Morgan fingerprint density at radius 1 is 1.14 bits per heavy atom. The number of H-pyrrole nitrogens is 1. The van der Waals surface area contributed by atoms with Gasteiger partial charge in [-0.25, -0.2) is 4.79 Å². The van der Waals surface area contributed by atoms with Crippen LogP contribution in [0, 0.1) is 0 Å². The number of hydrogen-bond acceptors (Lipinski definition) is 3. The van der Waals surface area contributed by atoms with Crippen LogP contribution in [0.15, 0.2) is 38.3 Å². The Hall–Kier alpha value is -1.84. The molecule has 0 aliphatic rings. The van der Waals surface area contributed by atoms with Gasteiger partial charge in [-0.1, -0.05) is 26.0 Å². The summed E-state index contributed by atoms with van der Waals surface area (Å²) in [6, 6.07) is 6.57. The Labute approximate surface area is 80.2 Å². The van der Waals surface area contributed by atoms with E-state index in [-0.39, 0.29) is 0 Å². The van der Waals surface area contributed by atoms with Crippen LogP contribution in [0.5, 0.6) is 0 Å². The van der Waals surface area contributed by atoms with Gasteiger partial charge < -0.3 is 4.42 Å². The first-order valence-electron chi connectivity index (χ1n) is 4.39. The van der Waals surface area contributed by atoms with Crippen molar-refractivity contribution in [2.24, 2.45) is 0 Å². The van der Waals surface area contributed by atoms with Crippen LogP contribution in [0.4, 0.5) is 0 Å². The minimum Gasteiger partial charge on any atom is -0.409 e. The van der Waals surface area contributed by atoms with E-state index >= 15 is 0 Å². The predicted octanol–water partition coefficient (Wildman–Crippen LogP) is 1.51. The van der Waals surface area contributed by atoms with Gasteiger partial charge in [-0.2, -0.15) is 0 Å². The van der Waals surface area contributed by atoms with Crippen molar-refractivity contribution >= 4 is 11.0 Å². The summed E-state index contributed by atoms with van der Waals surface area (Å²) in [4.78, 5) is 23.8. The number of rotatable bonds is 0. The summed E-state index contributed by atoms with van der Waals surface area (Å²) < 4.78 is 4.73. The summed E-state index contributed by atoms with van der Waals surface area (Å²) in [6.45, 7) is 4.00. The Morgan fingerprint density at radius 2 is 1.79 bits per heavy atom. The average molecular weight is 193 g/mol. The summed E-state index contributed by atoms with van der Waals surface area (Å²) in [7, 11) is 0. The van der Waals surface area contributed by atoms with Crippen LogP contribution >= 0.6 is 0 Å². The minimum absolute atomic E-state index is 0.311. The highest BCUT2D eigenvalue weighted by Gasteiger charge is 1.99. The molecule has 0 aliphatic carbocycles. The average Bonchev–Trinajstić information content (AvgIpc) is 2.20. The molecule has 14 heavy (non-hydrogen) atoms. The molecule has 0 spiro atoms. The third-order valence-electron chi connectivity index (χ3n) is 1.55. The lowest BCUT2D eigenvalue weighted by molar-refractivity contribution is 0.528. The molecule has 4 nitrogen and oxygen atoms in total. The normalized spacial score (nSPS) is 9.29. The second-order valence-corrected chi connectivity index (χ2v) is 2.34. The molecule has 0 bridgehead atoms. The number of aromatic nitrogens is 1. The van der Waals surface area contributed by atoms with Crippen molar-refractivity contribution < 1.29 is 4.42 Å². The molecule has 0 atom stereocenters. The monoisotopic (exact) mass is 193 g/mol. The molecular weight excluding hydrogens is 182 g/mol. The number of para-hydroxylation sites is 1. The summed E-state index contributed by atoms with van der Waals surface area (Å²) in [5.74, 6) is -0.723. The fraction of sp³-hybridized carbons (Fsp3) is 0.200. The zero-order chi connectivity index (χ0) is 10.6. The van der Waals surface area contributed by atoms with E-state index in [1.807, 2.05) is 18.8 Å². The maximum Gasteiger partial charge on any atom is 0.419 e. The zero-order valence-electron chi connectivity index (χ0n) is 8.03. The van der Waals surface area contributed by atoms with Crippen molar-refractivity contribution in [1.82, 2.24) is 4.98 Å². The molecule has 1 heterocycles. The fourth-order valence-electron chi connectivity index (χ4n) is 1.03. The van der Waals surface area contributed by atoms with Crippen LogP contribution in [-0.4, -0.2) is 4.98 Å². The van der Waals surface area contributed by atoms with Gasteiger partial charge in [-0.05, 0) is 12.1 Å². The molecule has 74 valence electrons. The van der Waals surface area contributed by atoms with Crippen molar-refractivity contribution in [3.8, 4) is 0 Å². The number of aromatic amines is 1. The van der Waals surface area contributed by atoms with Gasteiger partial charge in [0.05, 0.1) is 5.39 Å². The van der Waals surface area contributed by atoms with Crippen LogP contribution in [0.2, 0.25) is 0 Å². The summed E-state index contributed by atoms with van der Waals surface area (Å²) >= 11 is 0. The van der Waals surface area contributed by atoms with Gasteiger partial charge in [0.15, 0.2) is 0 Å². The van der Waals surface area contributed by atoms with Gasteiger partial charge in [0.25, 0.3) is 5.56 Å². The van der Waals surface area contributed by atoms with Gasteiger partial charge in [-0.15, -0.1) is 0 Å². The molecule has 0 amide bonds. The van der Waals surface area contributed by atoms with Crippen molar-refractivity contribution in [3.05, 3.63) is 45.2 Å². The zero-order valence-corrected chi connectivity index (χ0v) is 8.03. The molecule has 2 aromatic rings. The van der Waals surface area contributed by atoms with E-state index in [0.717, 1.165) is 0 Å². The fourth-order valence-corrected chi connectivity index (χ4v) is 1.03. The van der Waals surface area contributed by atoms with Gasteiger partial charge in [0, 0.05) is 0 Å². The molecule has 0 unspecified atom stereocenters. The highest BCUT2D eigenvalue weighted by molar-refractivity contribution is 5.74. The van der Waals surface area contributed by atoms with Crippen LogP contribution < -0.4 is 11.3 Å². The summed E-state index contributed by atoms with van der Waals surface area (Å²) in [5, 5.41) is 0.386. The first-order chi connectivity index (χ1) is 6.77. The second-order valence-electron chi connectivity index (χ2n) is 2.34. The number of fused-ring (bicyclic) bond motifs is 1. The Bertz CT molecular complexity index is 524. The molecule has 0 aliphatic heterocycles.